The largest absolute Gasteiger partial charge is 0.460 e. The summed E-state index contributed by atoms with van der Waals surface area (Å²) in [7, 11) is 1.82. The lowest BCUT2D eigenvalue weighted by molar-refractivity contribution is -0.154. The van der Waals surface area contributed by atoms with Crippen molar-refractivity contribution in [2.45, 2.75) is 76.9 Å². The third-order valence-corrected chi connectivity index (χ3v) is 6.32. The second-order valence-electron chi connectivity index (χ2n) is 9.74. The van der Waals surface area contributed by atoms with Crippen LogP contribution in [0.2, 0.25) is 0 Å². The Labute approximate surface area is 182 Å². The van der Waals surface area contributed by atoms with Crippen LogP contribution in [-0.2, 0) is 15.1 Å². The molecule has 2 heterocycles. The number of rotatable bonds is 7. The first-order valence-corrected chi connectivity index (χ1v) is 11.3. The monoisotopic (exact) mass is 427 g/mol. The highest BCUT2D eigenvalue weighted by molar-refractivity contribution is 5.75. The quantitative estimate of drug-likeness (QED) is 0.651. The number of hydrogen-bond donors (Lipinski definition) is 2. The number of pyridine rings is 1. The number of nitrogens with zero attached hydrogens (tertiary/aromatic N) is 3. The molecule has 0 bridgehead atoms. The molecule has 8 heteroatoms. The van der Waals surface area contributed by atoms with Gasteiger partial charge in [-0.25, -0.2) is 9.97 Å². The topological polar surface area (TPSA) is 98.1 Å². The second-order valence-corrected chi connectivity index (χ2v) is 9.74. The number of carbonyl (C=O) groups is 1. The molecule has 0 saturated heterocycles. The molecule has 0 unspecified atom stereocenters. The van der Waals surface area contributed by atoms with Crippen LogP contribution < -0.4 is 16.2 Å². The Morgan fingerprint density at radius 2 is 1.94 bits per heavy atom. The van der Waals surface area contributed by atoms with Gasteiger partial charge in [-0.3, -0.25) is 14.2 Å². The normalized spacial score (nSPS) is 18.2. The maximum Gasteiger partial charge on any atom is 0.308 e. The second kappa shape index (κ2) is 8.13. The maximum absolute atomic E-state index is 13.6. The van der Waals surface area contributed by atoms with Gasteiger partial charge in [-0.1, -0.05) is 12.8 Å². The molecule has 2 N–H and O–H groups in total. The van der Waals surface area contributed by atoms with Gasteiger partial charge in [0.05, 0.1) is 12.0 Å². The first-order valence-electron chi connectivity index (χ1n) is 11.3. The zero-order valence-corrected chi connectivity index (χ0v) is 19.0. The first-order chi connectivity index (χ1) is 14.7. The van der Waals surface area contributed by atoms with Gasteiger partial charge in [0.15, 0.2) is 11.5 Å². The first kappa shape index (κ1) is 21.6. The number of anilines is 2. The molecule has 4 rings (SSSR count). The van der Waals surface area contributed by atoms with E-state index in [0.29, 0.717) is 23.6 Å². The Balaban J connectivity index is 1.67. The molecule has 0 atom stereocenters. The van der Waals surface area contributed by atoms with Crippen molar-refractivity contribution in [1.29, 1.82) is 0 Å². The molecule has 168 valence electrons. The molecule has 2 fully saturated rings. The van der Waals surface area contributed by atoms with Crippen LogP contribution in [0.3, 0.4) is 0 Å². The van der Waals surface area contributed by atoms with Crippen molar-refractivity contribution < 1.29 is 9.53 Å². The smallest absolute Gasteiger partial charge is 0.308 e. The molecule has 2 aliphatic carbocycles. The standard InChI is InChI=1S/C23H33N5O3/c1-22(2,3)31-18(29)11-14-25-19-21(30)28(23(12-13-23)15-7-5-6-8-15)20-16(26-19)9-10-17(24-4)27-20/h9-10,15H,5-8,11-14H2,1-4H3,(H,24,27)(H,25,26). The fraction of sp³-hybridized carbons (Fsp3) is 0.652. The molecular weight excluding hydrogens is 394 g/mol. The average Bonchev–Trinajstić information content (AvgIpc) is 3.30. The summed E-state index contributed by atoms with van der Waals surface area (Å²) in [5.74, 6) is 1.20. The van der Waals surface area contributed by atoms with Crippen LogP contribution in [0.5, 0.6) is 0 Å². The molecule has 0 amide bonds. The summed E-state index contributed by atoms with van der Waals surface area (Å²) in [6.07, 6.45) is 6.92. The molecule has 2 aromatic rings. The zero-order valence-electron chi connectivity index (χ0n) is 19.0. The lowest BCUT2D eigenvalue weighted by atomic mass is 9.95. The van der Waals surface area contributed by atoms with Gasteiger partial charge in [-0.05, 0) is 64.5 Å². The summed E-state index contributed by atoms with van der Waals surface area (Å²) in [5.41, 5.74) is 0.486. The number of esters is 1. The van der Waals surface area contributed by atoms with Gasteiger partial charge < -0.3 is 15.4 Å². The molecule has 0 radical (unpaired) electrons. The van der Waals surface area contributed by atoms with Crippen LogP contribution in [0.4, 0.5) is 11.6 Å². The predicted molar refractivity (Wildman–Crippen MR) is 121 cm³/mol. The summed E-state index contributed by atoms with van der Waals surface area (Å²) in [5, 5.41) is 6.16. The van der Waals surface area contributed by atoms with Crippen molar-refractivity contribution in [1.82, 2.24) is 14.5 Å². The third kappa shape index (κ3) is 4.38. The van der Waals surface area contributed by atoms with Gasteiger partial charge in [0.25, 0.3) is 5.56 Å². The Morgan fingerprint density at radius 1 is 1.23 bits per heavy atom. The Bertz CT molecular complexity index is 1030. The SMILES string of the molecule is CNc1ccc2nc(NCCC(=O)OC(C)(C)C)c(=O)n(C3(C4CCCC4)CC3)c2n1. The van der Waals surface area contributed by atoms with Gasteiger partial charge in [-0.2, -0.15) is 0 Å². The van der Waals surface area contributed by atoms with Crippen molar-refractivity contribution in [3.63, 3.8) is 0 Å². The van der Waals surface area contributed by atoms with E-state index in [9.17, 15) is 9.59 Å². The summed E-state index contributed by atoms with van der Waals surface area (Å²) >= 11 is 0. The molecular formula is C23H33N5O3. The van der Waals surface area contributed by atoms with E-state index in [2.05, 4.69) is 15.6 Å². The maximum atomic E-state index is 13.6. The van der Waals surface area contributed by atoms with Crippen LogP contribution in [0.1, 0.15) is 65.7 Å². The molecule has 8 nitrogen and oxygen atoms in total. The van der Waals surface area contributed by atoms with Crippen molar-refractivity contribution in [2.24, 2.45) is 5.92 Å². The number of carbonyl (C=O) groups excluding carboxylic acids is 1. The van der Waals surface area contributed by atoms with E-state index in [1.807, 2.05) is 44.5 Å². The summed E-state index contributed by atoms with van der Waals surface area (Å²) < 4.78 is 7.26. The van der Waals surface area contributed by atoms with Crippen LogP contribution in [0.15, 0.2) is 16.9 Å². The molecule has 2 aliphatic rings. The van der Waals surface area contributed by atoms with Crippen LogP contribution in [0.25, 0.3) is 11.2 Å². The Kier molecular flexibility index (Phi) is 5.66. The van der Waals surface area contributed by atoms with Crippen LogP contribution in [-0.4, -0.2) is 39.7 Å². The minimum Gasteiger partial charge on any atom is -0.460 e. The van der Waals surface area contributed by atoms with Crippen molar-refractivity contribution in [2.75, 3.05) is 24.2 Å². The van der Waals surface area contributed by atoms with E-state index in [4.69, 9.17) is 9.72 Å². The van der Waals surface area contributed by atoms with Gasteiger partial charge in [0, 0.05) is 13.6 Å². The summed E-state index contributed by atoms with van der Waals surface area (Å²) in [4.78, 5) is 34.9. The average molecular weight is 428 g/mol. The Hall–Kier alpha value is -2.64. The summed E-state index contributed by atoms with van der Waals surface area (Å²) in [6, 6.07) is 3.76. The lowest BCUT2D eigenvalue weighted by Gasteiger charge is -2.27. The van der Waals surface area contributed by atoms with Gasteiger partial charge in [0.2, 0.25) is 0 Å². The van der Waals surface area contributed by atoms with Crippen molar-refractivity contribution in [3.05, 3.63) is 22.5 Å². The van der Waals surface area contributed by atoms with E-state index < -0.39 is 5.60 Å². The molecule has 2 saturated carbocycles. The van der Waals surface area contributed by atoms with E-state index in [1.165, 1.54) is 12.8 Å². The molecule has 0 spiro atoms. The van der Waals surface area contributed by atoms with Crippen LogP contribution >= 0.6 is 0 Å². The number of nitrogens with one attached hydrogen (secondary N) is 2. The van der Waals surface area contributed by atoms with Gasteiger partial charge in [-0.15, -0.1) is 0 Å². The fourth-order valence-electron chi connectivity index (χ4n) is 4.81. The number of aromatic nitrogens is 3. The fourth-order valence-corrected chi connectivity index (χ4v) is 4.81. The van der Waals surface area contributed by atoms with E-state index >= 15 is 0 Å². The van der Waals surface area contributed by atoms with E-state index in [0.717, 1.165) is 31.5 Å². The number of ether oxygens (including phenoxy) is 1. The molecule has 31 heavy (non-hydrogen) atoms. The zero-order chi connectivity index (χ0) is 22.2. The van der Waals surface area contributed by atoms with Crippen LogP contribution in [0, 0.1) is 5.92 Å². The highest BCUT2D eigenvalue weighted by atomic mass is 16.6. The lowest BCUT2D eigenvalue weighted by Crippen LogP contribution is -2.38. The highest BCUT2D eigenvalue weighted by Crippen LogP contribution is 2.55. The van der Waals surface area contributed by atoms with Gasteiger partial charge >= 0.3 is 5.97 Å². The van der Waals surface area contributed by atoms with Crippen molar-refractivity contribution in [3.8, 4) is 0 Å². The summed E-state index contributed by atoms with van der Waals surface area (Å²) in [6.45, 7) is 5.81. The number of hydrogen-bond acceptors (Lipinski definition) is 7. The minimum absolute atomic E-state index is 0.151. The Morgan fingerprint density at radius 3 is 2.55 bits per heavy atom. The number of fused-ring (bicyclic) bond motifs is 1. The minimum atomic E-state index is -0.526. The van der Waals surface area contributed by atoms with E-state index in [1.54, 1.807) is 0 Å². The third-order valence-electron chi connectivity index (χ3n) is 6.32. The molecule has 2 aromatic heterocycles. The van der Waals surface area contributed by atoms with Gasteiger partial charge in [0.1, 0.15) is 16.9 Å². The molecule has 0 aliphatic heterocycles. The highest BCUT2D eigenvalue weighted by Gasteiger charge is 2.53. The van der Waals surface area contributed by atoms with E-state index in [-0.39, 0.29) is 29.3 Å². The predicted octanol–water partition coefficient (Wildman–Crippen LogP) is 3.66. The van der Waals surface area contributed by atoms with Crippen molar-refractivity contribution >= 4 is 28.8 Å². The molecule has 0 aromatic carbocycles.